The summed E-state index contributed by atoms with van der Waals surface area (Å²) in [5.74, 6) is 2.54. The second-order valence-electron chi connectivity index (χ2n) is 7.63. The van der Waals surface area contributed by atoms with Crippen LogP contribution in [0.4, 0.5) is 0 Å². The molecular formula is C23H29N7S. The molecule has 0 saturated heterocycles. The summed E-state index contributed by atoms with van der Waals surface area (Å²) in [6, 6.07) is 10.6. The number of aryl methyl sites for hydroxylation is 2. The lowest BCUT2D eigenvalue weighted by Gasteiger charge is -2.12. The lowest BCUT2D eigenvalue weighted by Crippen LogP contribution is -2.39. The topological polar surface area (TPSA) is 82.9 Å². The Morgan fingerprint density at radius 1 is 1.10 bits per heavy atom. The molecule has 0 atom stereocenters. The maximum Gasteiger partial charge on any atom is 0.191 e. The van der Waals surface area contributed by atoms with Gasteiger partial charge in [0.2, 0.25) is 0 Å². The van der Waals surface area contributed by atoms with Gasteiger partial charge in [0, 0.05) is 42.1 Å². The minimum Gasteiger partial charge on any atom is -0.361 e. The van der Waals surface area contributed by atoms with Crippen LogP contribution in [0.2, 0.25) is 0 Å². The molecule has 0 fully saturated rings. The molecule has 0 aliphatic rings. The Kier molecular flexibility index (Phi) is 6.66. The Bertz CT molecular complexity index is 1150. The monoisotopic (exact) mass is 435 g/mol. The molecule has 0 amide bonds. The lowest BCUT2D eigenvalue weighted by atomic mass is 10.1. The van der Waals surface area contributed by atoms with Crippen LogP contribution in [-0.2, 0) is 26.4 Å². The van der Waals surface area contributed by atoms with Gasteiger partial charge in [-0.05, 0) is 55.3 Å². The highest BCUT2D eigenvalue weighted by Crippen LogP contribution is 2.22. The van der Waals surface area contributed by atoms with Gasteiger partial charge in [0.15, 0.2) is 11.8 Å². The largest absolute Gasteiger partial charge is 0.361 e. The molecule has 3 heterocycles. The zero-order chi connectivity index (χ0) is 21.6. The molecule has 1 aromatic carbocycles. The second-order valence-corrected chi connectivity index (χ2v) is 8.66. The van der Waals surface area contributed by atoms with Gasteiger partial charge in [0.25, 0.3) is 0 Å². The molecule has 31 heavy (non-hydrogen) atoms. The van der Waals surface area contributed by atoms with Gasteiger partial charge in [-0.2, -0.15) is 0 Å². The molecule has 0 bridgehead atoms. The van der Waals surface area contributed by atoms with E-state index in [2.05, 4.69) is 74.6 Å². The number of aliphatic imine (C=N–C) groups is 1. The zero-order valence-corrected chi connectivity index (χ0v) is 19.1. The van der Waals surface area contributed by atoms with Crippen molar-refractivity contribution in [2.45, 2.75) is 33.2 Å². The minimum absolute atomic E-state index is 0.484. The number of aromatic nitrogens is 4. The average Bonchev–Trinajstić information content (AvgIpc) is 3.49. The van der Waals surface area contributed by atoms with Gasteiger partial charge in [-0.1, -0.05) is 18.2 Å². The molecule has 0 aliphatic heterocycles. The molecule has 0 unspecified atom stereocenters. The molecule has 8 heteroatoms. The van der Waals surface area contributed by atoms with Crippen molar-refractivity contribution in [3.8, 4) is 0 Å². The lowest BCUT2D eigenvalue weighted by molar-refractivity contribution is 0.747. The van der Waals surface area contributed by atoms with Gasteiger partial charge in [-0.25, -0.2) is 4.99 Å². The highest BCUT2D eigenvalue weighted by atomic mass is 32.1. The smallest absolute Gasteiger partial charge is 0.191 e. The van der Waals surface area contributed by atoms with Crippen LogP contribution in [0, 0.1) is 13.8 Å². The highest BCUT2D eigenvalue weighted by Gasteiger charge is 2.08. The molecule has 0 saturated carbocycles. The number of hydrogen-bond acceptors (Lipinski definition) is 4. The molecule has 3 N–H and O–H groups in total. The third-order valence-electron chi connectivity index (χ3n) is 5.49. The van der Waals surface area contributed by atoms with E-state index in [0.717, 1.165) is 43.5 Å². The molecule has 0 radical (unpaired) electrons. The second kappa shape index (κ2) is 9.78. The third-order valence-corrected chi connectivity index (χ3v) is 6.42. The van der Waals surface area contributed by atoms with E-state index in [0.29, 0.717) is 6.54 Å². The molecular weight excluding hydrogens is 406 g/mol. The first kappa shape index (κ1) is 21.1. The quantitative estimate of drug-likeness (QED) is 0.292. The fourth-order valence-electron chi connectivity index (χ4n) is 3.64. The normalized spacial score (nSPS) is 11.9. The summed E-state index contributed by atoms with van der Waals surface area (Å²) in [5, 5.41) is 18.7. The minimum atomic E-state index is 0.484. The van der Waals surface area contributed by atoms with E-state index in [1.807, 2.05) is 18.5 Å². The van der Waals surface area contributed by atoms with Crippen molar-refractivity contribution in [3.63, 3.8) is 0 Å². The van der Waals surface area contributed by atoms with Crippen LogP contribution in [0.15, 0.2) is 46.9 Å². The fourth-order valence-corrected chi connectivity index (χ4v) is 4.34. The van der Waals surface area contributed by atoms with Crippen LogP contribution >= 0.6 is 11.3 Å². The number of fused-ring (bicyclic) bond motifs is 1. The standard InChI is InChI=1S/C23H29N7S/c1-16-6-4-8-20-22(16)18(14-26-20)9-11-24-23(25-12-10-19-7-5-13-31-19)27-15-21-29-28-17(2)30(21)3/h4-8,13-14,26H,9-12,15H2,1-3H3,(H2,24,25,27). The van der Waals surface area contributed by atoms with Gasteiger partial charge in [-0.3, -0.25) is 0 Å². The molecule has 0 spiro atoms. The summed E-state index contributed by atoms with van der Waals surface area (Å²) in [4.78, 5) is 9.50. The van der Waals surface area contributed by atoms with Gasteiger partial charge in [-0.15, -0.1) is 21.5 Å². The number of rotatable bonds is 8. The summed E-state index contributed by atoms with van der Waals surface area (Å²) in [7, 11) is 1.97. The van der Waals surface area contributed by atoms with Crippen molar-refractivity contribution in [1.82, 2.24) is 30.4 Å². The number of thiophene rings is 1. The third kappa shape index (κ3) is 5.14. The van der Waals surface area contributed by atoms with Gasteiger partial charge in [0.05, 0.1) is 0 Å². The van der Waals surface area contributed by atoms with Gasteiger partial charge >= 0.3 is 0 Å². The molecule has 4 aromatic rings. The predicted octanol–water partition coefficient (Wildman–Crippen LogP) is 3.50. The predicted molar refractivity (Wildman–Crippen MR) is 128 cm³/mol. The molecule has 0 aliphatic carbocycles. The van der Waals surface area contributed by atoms with Gasteiger partial charge in [0.1, 0.15) is 12.4 Å². The summed E-state index contributed by atoms with van der Waals surface area (Å²) >= 11 is 1.78. The Morgan fingerprint density at radius 3 is 2.68 bits per heavy atom. The number of guanidine groups is 1. The Balaban J connectivity index is 1.40. The van der Waals surface area contributed by atoms with Gasteiger partial charge < -0.3 is 20.2 Å². The average molecular weight is 436 g/mol. The first-order chi connectivity index (χ1) is 15.1. The first-order valence-corrected chi connectivity index (χ1v) is 11.4. The van der Waals surface area contributed by atoms with E-state index >= 15 is 0 Å². The van der Waals surface area contributed by atoms with Crippen LogP contribution in [0.1, 0.15) is 27.7 Å². The van der Waals surface area contributed by atoms with Crippen LogP contribution < -0.4 is 10.6 Å². The van der Waals surface area contributed by atoms with Crippen LogP contribution in [0.5, 0.6) is 0 Å². The number of H-pyrrole nitrogens is 1. The number of aromatic amines is 1. The molecule has 162 valence electrons. The highest BCUT2D eigenvalue weighted by molar-refractivity contribution is 7.09. The summed E-state index contributed by atoms with van der Waals surface area (Å²) in [6.45, 7) is 6.22. The van der Waals surface area contributed by atoms with Crippen molar-refractivity contribution in [1.29, 1.82) is 0 Å². The van der Waals surface area contributed by atoms with E-state index < -0.39 is 0 Å². The zero-order valence-electron chi connectivity index (χ0n) is 18.3. The number of nitrogens with zero attached hydrogens (tertiary/aromatic N) is 4. The van der Waals surface area contributed by atoms with Crippen molar-refractivity contribution >= 4 is 28.2 Å². The van der Waals surface area contributed by atoms with Crippen molar-refractivity contribution < 1.29 is 0 Å². The summed E-state index contributed by atoms with van der Waals surface area (Å²) < 4.78 is 1.97. The van der Waals surface area contributed by atoms with Crippen LogP contribution in [0.3, 0.4) is 0 Å². The number of benzene rings is 1. The SMILES string of the molecule is Cc1cccc2[nH]cc(CCNC(=NCc3nnc(C)n3C)NCCc3cccs3)c12. The van der Waals surface area contributed by atoms with E-state index in [9.17, 15) is 0 Å². The van der Waals surface area contributed by atoms with E-state index in [1.54, 1.807) is 11.3 Å². The maximum atomic E-state index is 4.75. The van der Waals surface area contributed by atoms with Crippen molar-refractivity contribution in [3.05, 3.63) is 69.6 Å². The van der Waals surface area contributed by atoms with E-state index in [-0.39, 0.29) is 0 Å². The molecule has 7 nitrogen and oxygen atoms in total. The van der Waals surface area contributed by atoms with Crippen molar-refractivity contribution in [2.24, 2.45) is 12.0 Å². The Labute approximate surface area is 186 Å². The molecule has 4 rings (SSSR count). The number of hydrogen-bond donors (Lipinski definition) is 3. The summed E-state index contributed by atoms with van der Waals surface area (Å²) in [6.07, 6.45) is 4.01. The summed E-state index contributed by atoms with van der Waals surface area (Å²) in [5.41, 5.74) is 3.81. The number of nitrogens with one attached hydrogen (secondary N) is 3. The maximum absolute atomic E-state index is 4.75. The molecule has 3 aromatic heterocycles. The Morgan fingerprint density at radius 2 is 1.94 bits per heavy atom. The first-order valence-electron chi connectivity index (χ1n) is 10.6. The van der Waals surface area contributed by atoms with E-state index in [1.165, 1.54) is 26.9 Å². The Hall–Kier alpha value is -3.13. The van der Waals surface area contributed by atoms with Crippen molar-refractivity contribution in [2.75, 3.05) is 13.1 Å². The van der Waals surface area contributed by atoms with Crippen LogP contribution in [-0.4, -0.2) is 38.8 Å². The fraction of sp³-hybridized carbons (Fsp3) is 0.348. The van der Waals surface area contributed by atoms with Crippen LogP contribution in [0.25, 0.3) is 10.9 Å². The van der Waals surface area contributed by atoms with E-state index in [4.69, 9.17) is 4.99 Å².